The van der Waals surface area contributed by atoms with Gasteiger partial charge in [-0.2, -0.15) is 0 Å². The van der Waals surface area contributed by atoms with Crippen LogP contribution in [0.1, 0.15) is 32.3 Å². The number of amides is 2. The van der Waals surface area contributed by atoms with E-state index in [1.165, 1.54) is 41.3 Å². The Balaban J connectivity index is 2.05. The zero-order valence-electron chi connectivity index (χ0n) is 21.9. The smallest absolute Gasteiger partial charge is 0.264 e. The lowest BCUT2D eigenvalue weighted by Gasteiger charge is -2.32. The molecule has 0 heterocycles. The van der Waals surface area contributed by atoms with E-state index in [1.807, 2.05) is 6.92 Å². The second-order valence-electron chi connectivity index (χ2n) is 9.00. The predicted octanol–water partition coefficient (Wildman–Crippen LogP) is 6.83. The summed E-state index contributed by atoms with van der Waals surface area (Å²) in [4.78, 5) is 28.2. The molecule has 3 rings (SSSR count). The Morgan fingerprint density at radius 3 is 2.20 bits per heavy atom. The molecule has 0 spiro atoms. The van der Waals surface area contributed by atoms with E-state index in [2.05, 4.69) is 5.32 Å². The number of nitrogens with one attached hydrogen (secondary N) is 1. The highest BCUT2D eigenvalue weighted by Crippen LogP contribution is 2.33. The van der Waals surface area contributed by atoms with Gasteiger partial charge in [-0.25, -0.2) is 8.42 Å². The first-order valence-corrected chi connectivity index (χ1v) is 15.4. The van der Waals surface area contributed by atoms with Gasteiger partial charge in [-0.05, 0) is 61.4 Å². The molecule has 0 fully saturated rings. The fourth-order valence-corrected chi connectivity index (χ4v) is 6.21. The van der Waals surface area contributed by atoms with Crippen molar-refractivity contribution in [1.29, 1.82) is 0 Å². The van der Waals surface area contributed by atoms with Crippen LogP contribution >= 0.6 is 46.4 Å². The molecule has 0 bridgehead atoms. The van der Waals surface area contributed by atoms with Crippen LogP contribution in [0.15, 0.2) is 71.6 Å². The summed E-state index contributed by atoms with van der Waals surface area (Å²) >= 11 is 25.0. The van der Waals surface area contributed by atoms with Crippen LogP contribution in [0, 0.1) is 0 Å². The van der Waals surface area contributed by atoms with Gasteiger partial charge in [0, 0.05) is 28.2 Å². The molecule has 0 saturated heterocycles. The number of halogens is 4. The molecule has 1 N–H and O–H groups in total. The third kappa shape index (κ3) is 8.04. The molecule has 0 aliphatic rings. The molecule has 3 aromatic rings. The molecule has 0 saturated carbocycles. The van der Waals surface area contributed by atoms with Gasteiger partial charge in [0.15, 0.2) is 0 Å². The average Bonchev–Trinajstić information content (AvgIpc) is 2.92. The summed E-state index contributed by atoms with van der Waals surface area (Å²) in [5.41, 5.74) is 0.557. The fraction of sp³-hybridized carbons (Fsp3) is 0.286. The summed E-state index contributed by atoms with van der Waals surface area (Å²) in [6, 6.07) is 15.9. The second kappa shape index (κ2) is 14.4. The zero-order valence-corrected chi connectivity index (χ0v) is 25.8. The number of hydrogen-bond donors (Lipinski definition) is 1. The maximum absolute atomic E-state index is 14.0. The van der Waals surface area contributed by atoms with Crippen molar-refractivity contribution in [3.63, 3.8) is 0 Å². The van der Waals surface area contributed by atoms with E-state index in [-0.39, 0.29) is 33.1 Å². The molecule has 1 unspecified atom stereocenters. The van der Waals surface area contributed by atoms with Crippen LogP contribution in [0.5, 0.6) is 0 Å². The SMILES string of the molecule is CCCCNC(=O)C(C)N(Cc1ccc(Cl)cc1Cl)C(=O)CN(c1cc(Cl)ccc1Cl)S(=O)(=O)c1ccccc1. The molecule has 2 amide bonds. The normalized spacial score (nSPS) is 12.1. The van der Waals surface area contributed by atoms with E-state index in [9.17, 15) is 18.0 Å². The number of hydrogen-bond acceptors (Lipinski definition) is 4. The van der Waals surface area contributed by atoms with Crippen molar-refractivity contribution < 1.29 is 18.0 Å². The van der Waals surface area contributed by atoms with Crippen molar-refractivity contribution in [3.05, 3.63) is 92.4 Å². The topological polar surface area (TPSA) is 86.8 Å². The van der Waals surface area contributed by atoms with Crippen LogP contribution in [0.25, 0.3) is 0 Å². The van der Waals surface area contributed by atoms with E-state index in [1.54, 1.807) is 37.3 Å². The van der Waals surface area contributed by atoms with Crippen LogP contribution in [0.3, 0.4) is 0 Å². The number of unbranched alkanes of at least 4 members (excludes halogenated alkanes) is 1. The first kappa shape index (κ1) is 32.0. The lowest BCUT2D eigenvalue weighted by atomic mass is 10.1. The molecular weight excluding hydrogens is 616 g/mol. The number of carbonyl (C=O) groups excluding carboxylic acids is 2. The molecule has 0 radical (unpaired) electrons. The van der Waals surface area contributed by atoms with Crippen LogP contribution in [0.4, 0.5) is 5.69 Å². The lowest BCUT2D eigenvalue weighted by Crippen LogP contribution is -2.51. The van der Waals surface area contributed by atoms with Gasteiger partial charge in [0.2, 0.25) is 11.8 Å². The summed E-state index contributed by atoms with van der Waals surface area (Å²) in [5.74, 6) is -1.04. The van der Waals surface area contributed by atoms with Gasteiger partial charge in [0.25, 0.3) is 10.0 Å². The van der Waals surface area contributed by atoms with E-state index in [0.717, 1.165) is 17.1 Å². The Kier molecular flexibility index (Phi) is 11.5. The summed E-state index contributed by atoms with van der Waals surface area (Å²) in [5, 5.41) is 3.85. The van der Waals surface area contributed by atoms with Crippen LogP contribution in [-0.4, -0.2) is 44.3 Å². The quantitative estimate of drug-likeness (QED) is 0.219. The van der Waals surface area contributed by atoms with Crippen LogP contribution < -0.4 is 9.62 Å². The van der Waals surface area contributed by atoms with Crippen molar-refractivity contribution in [2.45, 2.75) is 44.2 Å². The Bertz CT molecular complexity index is 1460. The van der Waals surface area contributed by atoms with Crippen molar-refractivity contribution >= 4 is 73.9 Å². The van der Waals surface area contributed by atoms with E-state index in [0.29, 0.717) is 22.2 Å². The summed E-state index contributed by atoms with van der Waals surface area (Å²) < 4.78 is 28.5. The van der Waals surface area contributed by atoms with Gasteiger partial charge in [0.05, 0.1) is 15.6 Å². The third-order valence-electron chi connectivity index (χ3n) is 6.14. The van der Waals surface area contributed by atoms with Gasteiger partial charge < -0.3 is 10.2 Å². The Morgan fingerprint density at radius 1 is 0.900 bits per heavy atom. The maximum atomic E-state index is 14.0. The summed E-state index contributed by atoms with van der Waals surface area (Å²) in [6.45, 7) is 3.28. The molecule has 12 heteroatoms. The molecule has 40 heavy (non-hydrogen) atoms. The first-order chi connectivity index (χ1) is 18.9. The van der Waals surface area contributed by atoms with Crippen molar-refractivity contribution in [3.8, 4) is 0 Å². The zero-order chi connectivity index (χ0) is 29.4. The highest BCUT2D eigenvalue weighted by atomic mass is 35.5. The average molecular weight is 645 g/mol. The van der Waals surface area contributed by atoms with Gasteiger partial charge >= 0.3 is 0 Å². The monoisotopic (exact) mass is 643 g/mol. The van der Waals surface area contributed by atoms with Crippen molar-refractivity contribution in [1.82, 2.24) is 10.2 Å². The van der Waals surface area contributed by atoms with Crippen molar-refractivity contribution in [2.75, 3.05) is 17.4 Å². The molecule has 3 aromatic carbocycles. The number of sulfonamides is 1. The fourth-order valence-electron chi connectivity index (χ4n) is 3.86. The Morgan fingerprint density at radius 2 is 1.55 bits per heavy atom. The van der Waals surface area contributed by atoms with E-state index in [4.69, 9.17) is 46.4 Å². The minimum atomic E-state index is -4.27. The van der Waals surface area contributed by atoms with Gasteiger partial charge in [0.1, 0.15) is 12.6 Å². The lowest BCUT2D eigenvalue weighted by molar-refractivity contribution is -0.139. The maximum Gasteiger partial charge on any atom is 0.264 e. The summed E-state index contributed by atoms with van der Waals surface area (Å²) in [6.07, 6.45) is 1.65. The number of nitrogens with zero attached hydrogens (tertiary/aromatic N) is 2. The van der Waals surface area contributed by atoms with Crippen molar-refractivity contribution in [2.24, 2.45) is 0 Å². The number of rotatable bonds is 12. The third-order valence-corrected chi connectivity index (χ3v) is 9.06. The minimum Gasteiger partial charge on any atom is -0.354 e. The Hall–Kier alpha value is -2.49. The number of benzene rings is 3. The molecule has 7 nitrogen and oxygen atoms in total. The minimum absolute atomic E-state index is 0.0240. The molecule has 0 aromatic heterocycles. The number of anilines is 1. The molecule has 214 valence electrons. The number of carbonyl (C=O) groups is 2. The predicted molar refractivity (Wildman–Crippen MR) is 162 cm³/mol. The van der Waals surface area contributed by atoms with Crippen LogP contribution in [0.2, 0.25) is 20.1 Å². The standard InChI is InChI=1S/C28H29Cl4N3O4S/c1-3-4-14-33-28(37)19(2)34(17-20-10-11-21(29)15-25(20)32)27(36)18-35(26-16-22(30)12-13-24(26)31)40(38,39)23-8-6-5-7-9-23/h5-13,15-16,19H,3-4,14,17-18H2,1-2H3,(H,33,37). The van der Waals surface area contributed by atoms with Crippen LogP contribution in [-0.2, 0) is 26.2 Å². The largest absolute Gasteiger partial charge is 0.354 e. The highest BCUT2D eigenvalue weighted by molar-refractivity contribution is 7.92. The van der Waals surface area contributed by atoms with Gasteiger partial charge in [-0.3, -0.25) is 13.9 Å². The molecular formula is C28H29Cl4N3O4S. The van der Waals surface area contributed by atoms with Gasteiger partial charge in [-0.1, -0.05) is 84.0 Å². The molecule has 0 aliphatic heterocycles. The molecule has 1 atom stereocenters. The van der Waals surface area contributed by atoms with E-state index < -0.39 is 28.5 Å². The van der Waals surface area contributed by atoms with Gasteiger partial charge in [-0.15, -0.1) is 0 Å². The van der Waals surface area contributed by atoms with E-state index >= 15 is 0 Å². The Labute approximate surface area is 255 Å². The molecule has 0 aliphatic carbocycles. The summed E-state index contributed by atoms with van der Waals surface area (Å²) in [7, 11) is -4.27. The first-order valence-electron chi connectivity index (χ1n) is 12.5. The second-order valence-corrected chi connectivity index (χ2v) is 12.5. The highest BCUT2D eigenvalue weighted by Gasteiger charge is 2.33.